The average Bonchev–Trinajstić information content (AvgIpc) is 2.84. The molecule has 1 heterocycles. The van der Waals surface area contributed by atoms with Crippen molar-refractivity contribution in [3.63, 3.8) is 0 Å². The molecular weight excluding hydrogens is 246 g/mol. The van der Waals surface area contributed by atoms with E-state index in [1.54, 1.807) is 0 Å². The number of nitrogens with one attached hydrogen (secondary N) is 1. The minimum absolute atomic E-state index is 0.338. The average molecular weight is 271 g/mol. The highest BCUT2D eigenvalue weighted by molar-refractivity contribution is 5.40. The first-order chi connectivity index (χ1) is 9.55. The van der Waals surface area contributed by atoms with Gasteiger partial charge in [-0.1, -0.05) is 17.7 Å². The molecule has 0 fully saturated rings. The van der Waals surface area contributed by atoms with Crippen LogP contribution in [-0.2, 0) is 13.0 Å². The van der Waals surface area contributed by atoms with E-state index in [0.29, 0.717) is 6.04 Å². The van der Waals surface area contributed by atoms with Gasteiger partial charge in [-0.15, -0.1) is 0 Å². The molecule has 2 rings (SSSR count). The van der Waals surface area contributed by atoms with Crippen LogP contribution < -0.4 is 5.32 Å². The number of hydrogen-bond acceptors (Lipinski definition) is 2. The summed E-state index contributed by atoms with van der Waals surface area (Å²) in [6, 6.07) is 4.87. The van der Waals surface area contributed by atoms with Crippen molar-refractivity contribution in [1.82, 2.24) is 15.1 Å². The largest absolute Gasteiger partial charge is 0.313 e. The fourth-order valence-corrected chi connectivity index (χ4v) is 3.01. The summed E-state index contributed by atoms with van der Waals surface area (Å²) < 4.78 is 1.98. The zero-order valence-electron chi connectivity index (χ0n) is 13.2. The SMILES string of the molecule is CCn1cc(CC(NC)c2c(C)cc(C)cc2C)cn1. The lowest BCUT2D eigenvalue weighted by Crippen LogP contribution is -2.21. The molecule has 0 bridgehead atoms. The quantitative estimate of drug-likeness (QED) is 0.904. The molecule has 3 heteroatoms. The molecule has 0 amide bonds. The summed E-state index contributed by atoms with van der Waals surface area (Å²) in [5.41, 5.74) is 6.76. The summed E-state index contributed by atoms with van der Waals surface area (Å²) in [6.07, 6.45) is 5.09. The molecule has 108 valence electrons. The highest BCUT2D eigenvalue weighted by Crippen LogP contribution is 2.26. The number of rotatable bonds is 5. The van der Waals surface area contributed by atoms with Crippen molar-refractivity contribution < 1.29 is 0 Å². The predicted octanol–water partition coefficient (Wildman–Crippen LogP) is 3.33. The standard InChI is InChI=1S/C17H25N3/c1-6-20-11-15(10-19-20)9-16(18-5)17-13(3)7-12(2)8-14(17)4/h7-8,10-11,16,18H,6,9H2,1-5H3. The summed E-state index contributed by atoms with van der Waals surface area (Å²) in [5, 5.41) is 7.82. The van der Waals surface area contributed by atoms with Crippen LogP contribution in [0.4, 0.5) is 0 Å². The van der Waals surface area contributed by atoms with Crippen molar-refractivity contribution in [2.24, 2.45) is 0 Å². The van der Waals surface area contributed by atoms with Crippen molar-refractivity contribution in [2.75, 3.05) is 7.05 Å². The first-order valence-electron chi connectivity index (χ1n) is 7.31. The molecule has 1 N–H and O–H groups in total. The van der Waals surface area contributed by atoms with E-state index in [0.717, 1.165) is 13.0 Å². The third-order valence-corrected chi connectivity index (χ3v) is 3.89. The minimum atomic E-state index is 0.338. The van der Waals surface area contributed by atoms with Gasteiger partial charge in [0, 0.05) is 18.8 Å². The fourth-order valence-electron chi connectivity index (χ4n) is 3.01. The van der Waals surface area contributed by atoms with Gasteiger partial charge in [0.2, 0.25) is 0 Å². The number of nitrogens with zero attached hydrogens (tertiary/aromatic N) is 2. The van der Waals surface area contributed by atoms with E-state index in [4.69, 9.17) is 0 Å². The van der Waals surface area contributed by atoms with E-state index in [9.17, 15) is 0 Å². The van der Waals surface area contributed by atoms with Crippen molar-refractivity contribution in [1.29, 1.82) is 0 Å². The maximum absolute atomic E-state index is 4.36. The Hall–Kier alpha value is -1.61. The summed E-state index contributed by atoms with van der Waals surface area (Å²) in [4.78, 5) is 0. The van der Waals surface area contributed by atoms with Gasteiger partial charge in [-0.05, 0) is 63.4 Å². The van der Waals surface area contributed by atoms with Crippen LogP contribution in [0.5, 0.6) is 0 Å². The third kappa shape index (κ3) is 3.10. The molecule has 2 aromatic rings. The molecule has 1 aromatic carbocycles. The first kappa shape index (κ1) is 14.8. The Morgan fingerprint density at radius 3 is 2.35 bits per heavy atom. The van der Waals surface area contributed by atoms with E-state index in [1.165, 1.54) is 27.8 Å². The van der Waals surface area contributed by atoms with Crippen molar-refractivity contribution in [2.45, 2.75) is 46.7 Å². The second kappa shape index (κ2) is 6.23. The van der Waals surface area contributed by atoms with Gasteiger partial charge in [-0.2, -0.15) is 5.10 Å². The normalized spacial score (nSPS) is 12.7. The van der Waals surface area contributed by atoms with Crippen molar-refractivity contribution in [3.05, 3.63) is 52.3 Å². The molecule has 0 radical (unpaired) electrons. The van der Waals surface area contributed by atoms with Gasteiger partial charge < -0.3 is 5.32 Å². The topological polar surface area (TPSA) is 29.9 Å². The monoisotopic (exact) mass is 271 g/mol. The zero-order chi connectivity index (χ0) is 14.7. The molecule has 0 aliphatic heterocycles. The second-order valence-electron chi connectivity index (χ2n) is 5.56. The Morgan fingerprint density at radius 2 is 1.85 bits per heavy atom. The lowest BCUT2D eigenvalue weighted by Gasteiger charge is -2.21. The van der Waals surface area contributed by atoms with Gasteiger partial charge in [-0.25, -0.2) is 0 Å². The van der Waals surface area contributed by atoms with Crippen LogP contribution in [0, 0.1) is 20.8 Å². The maximum Gasteiger partial charge on any atom is 0.0522 e. The van der Waals surface area contributed by atoms with Gasteiger partial charge in [0.05, 0.1) is 6.20 Å². The van der Waals surface area contributed by atoms with Gasteiger partial charge in [0.25, 0.3) is 0 Å². The smallest absolute Gasteiger partial charge is 0.0522 e. The van der Waals surface area contributed by atoms with E-state index in [-0.39, 0.29) is 0 Å². The van der Waals surface area contributed by atoms with Crippen LogP contribution in [0.15, 0.2) is 24.5 Å². The molecule has 0 saturated carbocycles. The molecule has 0 spiro atoms. The highest BCUT2D eigenvalue weighted by atomic mass is 15.3. The lowest BCUT2D eigenvalue weighted by molar-refractivity contribution is 0.584. The first-order valence-corrected chi connectivity index (χ1v) is 7.31. The molecule has 0 aliphatic rings. The Balaban J connectivity index is 2.28. The van der Waals surface area contributed by atoms with Gasteiger partial charge >= 0.3 is 0 Å². The van der Waals surface area contributed by atoms with Gasteiger partial charge in [0.1, 0.15) is 0 Å². The molecular formula is C17H25N3. The van der Waals surface area contributed by atoms with E-state index in [2.05, 4.69) is 56.4 Å². The van der Waals surface area contributed by atoms with Crippen LogP contribution in [0.25, 0.3) is 0 Å². The molecule has 1 atom stereocenters. The van der Waals surface area contributed by atoms with E-state index in [1.807, 2.05) is 17.9 Å². The van der Waals surface area contributed by atoms with Crippen LogP contribution in [-0.4, -0.2) is 16.8 Å². The van der Waals surface area contributed by atoms with E-state index >= 15 is 0 Å². The van der Waals surface area contributed by atoms with Crippen LogP contribution in [0.1, 0.15) is 40.8 Å². The maximum atomic E-state index is 4.36. The van der Waals surface area contributed by atoms with Gasteiger partial charge in [0.15, 0.2) is 0 Å². The number of hydrogen-bond donors (Lipinski definition) is 1. The molecule has 0 saturated heterocycles. The number of aryl methyl sites for hydroxylation is 4. The Kier molecular flexibility index (Phi) is 4.61. The van der Waals surface area contributed by atoms with Crippen molar-refractivity contribution in [3.8, 4) is 0 Å². The minimum Gasteiger partial charge on any atom is -0.313 e. The Morgan fingerprint density at radius 1 is 1.20 bits per heavy atom. The zero-order valence-corrected chi connectivity index (χ0v) is 13.2. The molecule has 1 unspecified atom stereocenters. The summed E-state index contributed by atoms with van der Waals surface area (Å²) in [7, 11) is 2.04. The summed E-state index contributed by atoms with van der Waals surface area (Å²) in [6.45, 7) is 9.60. The predicted molar refractivity (Wildman–Crippen MR) is 84.1 cm³/mol. The Labute approximate surface area is 122 Å². The lowest BCUT2D eigenvalue weighted by atomic mass is 9.91. The third-order valence-electron chi connectivity index (χ3n) is 3.89. The number of aromatic nitrogens is 2. The Bertz CT molecular complexity index is 561. The second-order valence-corrected chi connectivity index (χ2v) is 5.56. The molecule has 1 aromatic heterocycles. The number of likely N-dealkylation sites (N-methyl/N-ethyl adjacent to an activating group) is 1. The van der Waals surface area contributed by atoms with Crippen LogP contribution in [0.2, 0.25) is 0 Å². The fraction of sp³-hybridized carbons (Fsp3) is 0.471. The number of benzene rings is 1. The summed E-state index contributed by atoms with van der Waals surface area (Å²) >= 11 is 0. The molecule has 20 heavy (non-hydrogen) atoms. The van der Waals surface area contributed by atoms with Crippen molar-refractivity contribution >= 4 is 0 Å². The van der Waals surface area contributed by atoms with Gasteiger partial charge in [-0.3, -0.25) is 4.68 Å². The van der Waals surface area contributed by atoms with Crippen LogP contribution >= 0.6 is 0 Å². The van der Waals surface area contributed by atoms with Crippen LogP contribution in [0.3, 0.4) is 0 Å². The molecule has 0 aliphatic carbocycles. The highest BCUT2D eigenvalue weighted by Gasteiger charge is 2.16. The summed E-state index contributed by atoms with van der Waals surface area (Å²) in [5.74, 6) is 0. The molecule has 3 nitrogen and oxygen atoms in total. The van der Waals surface area contributed by atoms with E-state index < -0.39 is 0 Å².